The number of carbonyl (C=O) groups excluding carboxylic acids is 1. The zero-order chi connectivity index (χ0) is 13.0. The van der Waals surface area contributed by atoms with Gasteiger partial charge < -0.3 is 10.3 Å². The van der Waals surface area contributed by atoms with Gasteiger partial charge in [-0.15, -0.1) is 11.3 Å². The van der Waals surface area contributed by atoms with Crippen molar-refractivity contribution in [3.8, 4) is 11.8 Å². The summed E-state index contributed by atoms with van der Waals surface area (Å²) in [6, 6.07) is 5.15. The lowest BCUT2D eigenvalue weighted by atomic mass is 10.4. The minimum atomic E-state index is -0.239. The molecule has 2 rings (SSSR count). The molecule has 0 aliphatic rings. The Balaban J connectivity index is 2.07. The molecule has 2 aromatic heterocycles. The van der Waals surface area contributed by atoms with Gasteiger partial charge in [0.05, 0.1) is 22.0 Å². The number of hydrogen-bond acceptors (Lipinski definition) is 5. The third-order valence-electron chi connectivity index (χ3n) is 2.01. The fraction of sp³-hybridized carbons (Fsp3) is 0.167. The maximum atomic E-state index is 11.8. The summed E-state index contributed by atoms with van der Waals surface area (Å²) in [5.74, 6) is 5.71. The molecule has 0 fully saturated rings. The van der Waals surface area contributed by atoms with Crippen molar-refractivity contribution >= 4 is 23.1 Å². The Bertz CT molecular complexity index is 619. The van der Waals surface area contributed by atoms with Gasteiger partial charge >= 0.3 is 0 Å². The highest BCUT2D eigenvalue weighted by atomic mass is 32.1. The molecule has 0 atom stereocenters. The van der Waals surface area contributed by atoms with Crippen LogP contribution in [0.4, 0.5) is 5.88 Å². The minimum Gasteiger partial charge on any atom is -0.338 e. The number of aryl methyl sites for hydroxylation is 1. The highest BCUT2D eigenvalue weighted by molar-refractivity contribution is 7.14. The molecular formula is C12H11N3O2S. The first-order chi connectivity index (χ1) is 8.69. The van der Waals surface area contributed by atoms with Crippen molar-refractivity contribution in [2.24, 2.45) is 5.73 Å². The fourth-order valence-electron chi connectivity index (χ4n) is 1.26. The molecule has 0 radical (unpaired) electrons. The van der Waals surface area contributed by atoms with Crippen LogP contribution >= 0.6 is 11.3 Å². The van der Waals surface area contributed by atoms with E-state index >= 15 is 0 Å². The number of hydrogen-bond donors (Lipinski definition) is 2. The average molecular weight is 261 g/mol. The molecule has 1 amide bonds. The van der Waals surface area contributed by atoms with Crippen LogP contribution in [0.25, 0.3) is 0 Å². The van der Waals surface area contributed by atoms with Gasteiger partial charge in [-0.1, -0.05) is 17.0 Å². The zero-order valence-electron chi connectivity index (χ0n) is 9.69. The summed E-state index contributed by atoms with van der Waals surface area (Å²) < 4.78 is 4.91. The highest BCUT2D eigenvalue weighted by Gasteiger charge is 2.11. The lowest BCUT2D eigenvalue weighted by molar-refractivity contribution is 0.102. The minimum absolute atomic E-state index is 0.239. The van der Waals surface area contributed by atoms with Crippen molar-refractivity contribution in [1.29, 1.82) is 0 Å². The normalized spacial score (nSPS) is 9.67. The van der Waals surface area contributed by atoms with Crippen molar-refractivity contribution in [3.05, 3.63) is 33.6 Å². The maximum Gasteiger partial charge on any atom is 0.268 e. The number of nitrogens with zero attached hydrogens (tertiary/aromatic N) is 1. The first kappa shape index (κ1) is 12.4. The molecule has 2 aromatic rings. The molecule has 18 heavy (non-hydrogen) atoms. The number of aromatic nitrogens is 1. The highest BCUT2D eigenvalue weighted by Crippen LogP contribution is 2.17. The Morgan fingerprint density at radius 2 is 2.44 bits per heavy atom. The third-order valence-corrected chi connectivity index (χ3v) is 3.01. The van der Waals surface area contributed by atoms with Crippen molar-refractivity contribution in [3.63, 3.8) is 0 Å². The van der Waals surface area contributed by atoms with Gasteiger partial charge in [0.25, 0.3) is 5.91 Å². The number of nitrogens with one attached hydrogen (secondary N) is 1. The second-order valence-electron chi connectivity index (χ2n) is 3.46. The summed E-state index contributed by atoms with van der Waals surface area (Å²) in [5.41, 5.74) is 5.99. The Morgan fingerprint density at radius 1 is 1.61 bits per heavy atom. The van der Waals surface area contributed by atoms with E-state index in [2.05, 4.69) is 22.3 Å². The zero-order valence-corrected chi connectivity index (χ0v) is 10.5. The number of amides is 1. The van der Waals surface area contributed by atoms with Crippen molar-refractivity contribution in [2.75, 3.05) is 11.9 Å². The standard InChI is InChI=1S/C12H11N3O2S/c1-8-7-11(17-15-8)14-12(16)10-5-4-9(18-10)3-2-6-13/h4-5,7H,6,13H2,1H3,(H,14,16). The van der Waals surface area contributed by atoms with Gasteiger partial charge in [-0.05, 0) is 19.1 Å². The van der Waals surface area contributed by atoms with E-state index < -0.39 is 0 Å². The molecule has 5 nitrogen and oxygen atoms in total. The van der Waals surface area contributed by atoms with Crippen LogP contribution < -0.4 is 11.1 Å². The summed E-state index contributed by atoms with van der Waals surface area (Å²) in [6.45, 7) is 2.08. The fourth-order valence-corrected chi connectivity index (χ4v) is 2.04. The first-order valence-corrected chi connectivity index (χ1v) is 6.04. The lowest BCUT2D eigenvalue weighted by Crippen LogP contribution is -2.09. The maximum absolute atomic E-state index is 11.8. The molecule has 0 bridgehead atoms. The monoisotopic (exact) mass is 261 g/mol. The first-order valence-electron chi connectivity index (χ1n) is 5.22. The number of nitrogens with two attached hydrogens (primary N) is 1. The Kier molecular flexibility index (Phi) is 3.77. The van der Waals surface area contributed by atoms with Gasteiger partial charge in [0.1, 0.15) is 0 Å². The largest absolute Gasteiger partial charge is 0.338 e. The molecule has 6 heteroatoms. The quantitative estimate of drug-likeness (QED) is 0.805. The van der Waals surface area contributed by atoms with Crippen LogP contribution in [-0.4, -0.2) is 17.6 Å². The third kappa shape index (κ3) is 2.97. The van der Waals surface area contributed by atoms with Crippen molar-refractivity contribution < 1.29 is 9.32 Å². The molecule has 0 aromatic carbocycles. The number of thiophene rings is 1. The van der Waals surface area contributed by atoms with E-state index in [0.29, 0.717) is 23.0 Å². The topological polar surface area (TPSA) is 81.2 Å². The Morgan fingerprint density at radius 3 is 3.11 bits per heavy atom. The molecule has 0 unspecified atom stereocenters. The van der Waals surface area contributed by atoms with Gasteiger partial charge in [-0.25, -0.2) is 0 Å². The van der Waals surface area contributed by atoms with Crippen LogP contribution in [0.15, 0.2) is 22.7 Å². The van der Waals surface area contributed by atoms with E-state index in [-0.39, 0.29) is 5.91 Å². The smallest absolute Gasteiger partial charge is 0.268 e. The molecule has 0 aliphatic carbocycles. The molecule has 0 aliphatic heterocycles. The number of anilines is 1. The molecule has 0 saturated heterocycles. The van der Waals surface area contributed by atoms with E-state index in [4.69, 9.17) is 10.3 Å². The average Bonchev–Trinajstić information content (AvgIpc) is 2.96. The molecule has 3 N–H and O–H groups in total. The second kappa shape index (κ2) is 5.49. The van der Waals surface area contributed by atoms with Crippen LogP contribution in [0.3, 0.4) is 0 Å². The summed E-state index contributed by atoms with van der Waals surface area (Å²) >= 11 is 1.30. The van der Waals surface area contributed by atoms with Crippen LogP contribution in [0, 0.1) is 18.8 Å². The number of rotatable bonds is 2. The summed E-state index contributed by atoms with van der Waals surface area (Å²) in [5, 5.41) is 6.30. The van der Waals surface area contributed by atoms with E-state index in [1.54, 1.807) is 25.1 Å². The van der Waals surface area contributed by atoms with Gasteiger partial charge in [-0.3, -0.25) is 10.1 Å². The molecular weight excluding hydrogens is 250 g/mol. The summed E-state index contributed by atoms with van der Waals surface area (Å²) in [6.07, 6.45) is 0. The van der Waals surface area contributed by atoms with Gasteiger partial charge in [0, 0.05) is 6.07 Å². The van der Waals surface area contributed by atoms with Crippen molar-refractivity contribution in [2.45, 2.75) is 6.92 Å². The SMILES string of the molecule is Cc1cc(NC(=O)c2ccc(C#CCN)s2)on1. The van der Waals surface area contributed by atoms with Gasteiger partial charge in [0.2, 0.25) is 5.88 Å². The summed E-state index contributed by atoms with van der Waals surface area (Å²) in [4.78, 5) is 13.2. The van der Waals surface area contributed by atoms with Crippen LogP contribution in [-0.2, 0) is 0 Å². The van der Waals surface area contributed by atoms with Crippen LogP contribution in [0.1, 0.15) is 20.2 Å². The summed E-state index contributed by atoms with van der Waals surface area (Å²) in [7, 11) is 0. The predicted octanol–water partition coefficient (Wildman–Crippen LogP) is 1.61. The van der Waals surface area contributed by atoms with Crippen LogP contribution in [0.2, 0.25) is 0 Å². The molecule has 0 spiro atoms. The lowest BCUT2D eigenvalue weighted by Gasteiger charge is -1.96. The second-order valence-corrected chi connectivity index (χ2v) is 4.54. The van der Waals surface area contributed by atoms with Crippen molar-refractivity contribution in [1.82, 2.24) is 5.16 Å². The Labute approximate surface area is 108 Å². The Hall–Kier alpha value is -2.10. The van der Waals surface area contributed by atoms with E-state index in [1.165, 1.54) is 11.3 Å². The molecule has 2 heterocycles. The van der Waals surface area contributed by atoms with E-state index in [0.717, 1.165) is 4.88 Å². The molecule has 92 valence electrons. The van der Waals surface area contributed by atoms with Gasteiger partial charge in [-0.2, -0.15) is 0 Å². The van der Waals surface area contributed by atoms with Crippen LogP contribution in [0.5, 0.6) is 0 Å². The van der Waals surface area contributed by atoms with Gasteiger partial charge in [0.15, 0.2) is 0 Å². The predicted molar refractivity (Wildman–Crippen MR) is 69.4 cm³/mol. The molecule has 0 saturated carbocycles. The van der Waals surface area contributed by atoms with E-state index in [1.807, 2.05) is 0 Å². The number of carbonyl (C=O) groups is 1. The van der Waals surface area contributed by atoms with E-state index in [9.17, 15) is 4.79 Å².